The summed E-state index contributed by atoms with van der Waals surface area (Å²) in [6.45, 7) is 3.89. The smallest absolute Gasteiger partial charge is 0.180 e. The third kappa shape index (κ3) is 2.02. The summed E-state index contributed by atoms with van der Waals surface area (Å²) in [5.74, 6) is 0. The highest BCUT2D eigenvalue weighted by molar-refractivity contribution is 6.08. The summed E-state index contributed by atoms with van der Waals surface area (Å²) >= 11 is 0. The Hall–Kier alpha value is -2.07. The largest absolute Gasteiger partial charge is 0.364 e. The number of likely N-dealkylation sites (N-methyl/N-ethyl adjacent to an activating group) is 1. The number of fused-ring (bicyclic) bond motifs is 3. The number of benzene rings is 1. The second kappa shape index (κ2) is 4.80. The first kappa shape index (κ1) is 12.9. The SMILES string of the molecule is Cc1[nH]ccc2c3ccc(=O)cc3n(CCN(C)C)c12. The summed E-state index contributed by atoms with van der Waals surface area (Å²) in [5.41, 5.74) is 3.41. The lowest BCUT2D eigenvalue weighted by molar-refractivity contribution is 0.389. The van der Waals surface area contributed by atoms with Crippen LogP contribution in [0.1, 0.15) is 5.69 Å². The van der Waals surface area contributed by atoms with Gasteiger partial charge in [-0.3, -0.25) is 4.79 Å². The fourth-order valence-electron chi connectivity index (χ4n) is 2.78. The predicted octanol–water partition coefficient (Wildman–Crippen LogP) is 2.35. The summed E-state index contributed by atoms with van der Waals surface area (Å²) in [6, 6.07) is 7.40. The van der Waals surface area contributed by atoms with Crippen LogP contribution in [-0.4, -0.2) is 35.1 Å². The van der Waals surface area contributed by atoms with Crippen molar-refractivity contribution in [2.24, 2.45) is 0 Å². The van der Waals surface area contributed by atoms with E-state index in [1.54, 1.807) is 12.1 Å². The Balaban J connectivity index is 2.36. The average Bonchev–Trinajstić information content (AvgIpc) is 2.71. The normalized spacial score (nSPS) is 11.8. The molecule has 3 aromatic rings. The van der Waals surface area contributed by atoms with E-state index >= 15 is 0 Å². The van der Waals surface area contributed by atoms with Crippen molar-refractivity contribution in [1.29, 1.82) is 0 Å². The molecule has 0 saturated carbocycles. The molecule has 1 N–H and O–H groups in total. The number of hydrogen-bond donors (Lipinski definition) is 1. The molecule has 104 valence electrons. The lowest BCUT2D eigenvalue weighted by Gasteiger charge is -2.13. The molecule has 4 nitrogen and oxygen atoms in total. The lowest BCUT2D eigenvalue weighted by Crippen LogP contribution is -2.18. The third-order valence-electron chi connectivity index (χ3n) is 3.75. The van der Waals surface area contributed by atoms with E-state index in [0.717, 1.165) is 29.7 Å². The van der Waals surface area contributed by atoms with Gasteiger partial charge in [0.1, 0.15) is 0 Å². The van der Waals surface area contributed by atoms with Crippen molar-refractivity contribution in [3.63, 3.8) is 0 Å². The van der Waals surface area contributed by atoms with Gasteiger partial charge in [0.05, 0.1) is 11.0 Å². The summed E-state index contributed by atoms with van der Waals surface area (Å²) in [5, 5.41) is 2.35. The first-order valence-electron chi connectivity index (χ1n) is 6.83. The molecule has 0 aliphatic rings. The van der Waals surface area contributed by atoms with Crippen LogP contribution in [-0.2, 0) is 6.54 Å². The van der Waals surface area contributed by atoms with Crippen molar-refractivity contribution >= 4 is 21.8 Å². The van der Waals surface area contributed by atoms with Gasteiger partial charge in [0, 0.05) is 41.8 Å². The van der Waals surface area contributed by atoms with Crippen LogP contribution in [0.3, 0.4) is 0 Å². The second-order valence-corrected chi connectivity index (χ2v) is 5.50. The molecule has 0 amide bonds. The molecule has 0 aliphatic heterocycles. The van der Waals surface area contributed by atoms with Crippen LogP contribution >= 0.6 is 0 Å². The highest BCUT2D eigenvalue weighted by Crippen LogP contribution is 2.29. The molecule has 0 radical (unpaired) electrons. The maximum absolute atomic E-state index is 11.7. The van der Waals surface area contributed by atoms with Gasteiger partial charge in [-0.1, -0.05) is 0 Å². The Bertz CT molecular complexity index is 827. The van der Waals surface area contributed by atoms with E-state index in [1.807, 2.05) is 12.3 Å². The zero-order valence-electron chi connectivity index (χ0n) is 12.1. The fraction of sp³-hybridized carbons (Fsp3) is 0.312. The summed E-state index contributed by atoms with van der Waals surface area (Å²) in [7, 11) is 4.12. The van der Waals surface area contributed by atoms with Crippen LogP contribution in [0, 0.1) is 6.92 Å². The fourth-order valence-corrected chi connectivity index (χ4v) is 2.78. The number of aryl methyl sites for hydroxylation is 1. The lowest BCUT2D eigenvalue weighted by atomic mass is 10.2. The molecule has 0 atom stereocenters. The molecule has 0 aliphatic carbocycles. The van der Waals surface area contributed by atoms with Crippen molar-refractivity contribution in [2.75, 3.05) is 20.6 Å². The molecule has 2 heterocycles. The molecule has 1 aromatic carbocycles. The molecule has 20 heavy (non-hydrogen) atoms. The topological polar surface area (TPSA) is 41.0 Å². The molecule has 0 unspecified atom stereocenters. The summed E-state index contributed by atoms with van der Waals surface area (Å²) in [4.78, 5) is 17.1. The third-order valence-corrected chi connectivity index (χ3v) is 3.75. The Morgan fingerprint density at radius 3 is 2.75 bits per heavy atom. The van der Waals surface area contributed by atoms with Crippen molar-refractivity contribution in [1.82, 2.24) is 14.5 Å². The number of H-pyrrole nitrogens is 1. The van der Waals surface area contributed by atoms with E-state index < -0.39 is 0 Å². The Morgan fingerprint density at radius 1 is 1.20 bits per heavy atom. The number of hydrogen-bond acceptors (Lipinski definition) is 2. The van der Waals surface area contributed by atoms with Crippen LogP contribution in [0.15, 0.2) is 35.3 Å². The minimum Gasteiger partial charge on any atom is -0.364 e. The maximum Gasteiger partial charge on any atom is 0.180 e. The Kier molecular flexibility index (Phi) is 3.10. The number of nitrogens with one attached hydrogen (secondary N) is 1. The molecular weight excluding hydrogens is 250 g/mol. The average molecular weight is 269 g/mol. The highest BCUT2D eigenvalue weighted by Gasteiger charge is 2.12. The number of pyridine rings is 1. The van der Waals surface area contributed by atoms with Crippen molar-refractivity contribution < 1.29 is 0 Å². The van der Waals surface area contributed by atoms with Gasteiger partial charge in [0.25, 0.3) is 0 Å². The van der Waals surface area contributed by atoms with Gasteiger partial charge >= 0.3 is 0 Å². The highest BCUT2D eigenvalue weighted by atomic mass is 16.1. The zero-order valence-corrected chi connectivity index (χ0v) is 12.1. The second-order valence-electron chi connectivity index (χ2n) is 5.50. The molecule has 0 bridgehead atoms. The first-order valence-corrected chi connectivity index (χ1v) is 6.83. The molecular formula is C16H19N3O. The van der Waals surface area contributed by atoms with E-state index in [-0.39, 0.29) is 5.43 Å². The van der Waals surface area contributed by atoms with Crippen LogP contribution in [0.2, 0.25) is 0 Å². The molecule has 2 aromatic heterocycles. The van der Waals surface area contributed by atoms with Crippen LogP contribution < -0.4 is 5.43 Å². The Morgan fingerprint density at radius 2 is 2.00 bits per heavy atom. The van der Waals surface area contributed by atoms with E-state index in [1.165, 1.54) is 10.9 Å². The van der Waals surface area contributed by atoms with Gasteiger partial charge in [-0.05, 0) is 39.2 Å². The number of nitrogens with zero attached hydrogens (tertiary/aromatic N) is 2. The van der Waals surface area contributed by atoms with Crippen molar-refractivity contribution in [3.8, 4) is 0 Å². The van der Waals surface area contributed by atoms with Gasteiger partial charge < -0.3 is 14.5 Å². The predicted molar refractivity (Wildman–Crippen MR) is 83.4 cm³/mol. The van der Waals surface area contributed by atoms with Gasteiger partial charge in [0.2, 0.25) is 0 Å². The first-order chi connectivity index (χ1) is 9.58. The molecule has 3 rings (SSSR count). The number of rotatable bonds is 3. The summed E-state index contributed by atoms with van der Waals surface area (Å²) in [6.07, 6.45) is 1.96. The van der Waals surface area contributed by atoms with Crippen molar-refractivity contribution in [3.05, 3.63) is 46.4 Å². The molecule has 0 spiro atoms. The van der Waals surface area contributed by atoms with Crippen LogP contribution in [0.25, 0.3) is 21.8 Å². The van der Waals surface area contributed by atoms with Crippen LogP contribution in [0.5, 0.6) is 0 Å². The molecule has 0 fully saturated rings. The van der Waals surface area contributed by atoms with Crippen molar-refractivity contribution in [2.45, 2.75) is 13.5 Å². The number of aromatic amines is 1. The number of aromatic nitrogens is 2. The quantitative estimate of drug-likeness (QED) is 0.793. The minimum atomic E-state index is 0.0630. The van der Waals surface area contributed by atoms with Gasteiger partial charge in [-0.25, -0.2) is 0 Å². The van der Waals surface area contributed by atoms with Gasteiger partial charge in [-0.2, -0.15) is 0 Å². The monoisotopic (exact) mass is 269 g/mol. The standard InChI is InChI=1S/C16H19N3O/c1-11-16-14(6-7-17-11)13-5-4-12(20)10-15(13)19(16)9-8-18(2)3/h4-7,10,17H,8-9H2,1-3H3. The Labute approximate surface area is 117 Å². The zero-order chi connectivity index (χ0) is 14.3. The van der Waals surface area contributed by atoms with E-state index in [9.17, 15) is 4.79 Å². The van der Waals surface area contributed by atoms with E-state index in [0.29, 0.717) is 0 Å². The molecule has 0 saturated heterocycles. The summed E-state index contributed by atoms with van der Waals surface area (Å²) < 4.78 is 2.25. The molecule has 4 heteroatoms. The van der Waals surface area contributed by atoms with Crippen LogP contribution in [0.4, 0.5) is 0 Å². The van der Waals surface area contributed by atoms with E-state index in [4.69, 9.17) is 0 Å². The van der Waals surface area contributed by atoms with Gasteiger partial charge in [0.15, 0.2) is 5.43 Å². The minimum absolute atomic E-state index is 0.0630. The van der Waals surface area contributed by atoms with Gasteiger partial charge in [-0.15, -0.1) is 0 Å². The van der Waals surface area contributed by atoms with E-state index in [2.05, 4.69) is 41.5 Å². The maximum atomic E-state index is 11.7.